The van der Waals surface area contributed by atoms with E-state index in [0.29, 0.717) is 24.5 Å². The Morgan fingerprint density at radius 2 is 1.75 bits per heavy atom. The van der Waals surface area contributed by atoms with Crippen LogP contribution in [-0.4, -0.2) is 44.8 Å². The van der Waals surface area contributed by atoms with E-state index in [2.05, 4.69) is 10.6 Å². The quantitative estimate of drug-likeness (QED) is 0.832. The van der Waals surface area contributed by atoms with Crippen LogP contribution in [0.3, 0.4) is 0 Å². The first kappa shape index (κ1) is 17.4. The number of nitrogens with one attached hydrogen (secondary N) is 2. The summed E-state index contributed by atoms with van der Waals surface area (Å²) in [4.78, 5) is 12.5. The van der Waals surface area contributed by atoms with Crippen LogP contribution < -0.4 is 10.6 Å². The molecule has 1 aromatic carbocycles. The highest BCUT2D eigenvalue weighted by molar-refractivity contribution is 7.89. The van der Waals surface area contributed by atoms with Gasteiger partial charge in [0, 0.05) is 25.6 Å². The van der Waals surface area contributed by atoms with Crippen molar-refractivity contribution in [2.45, 2.75) is 37.1 Å². The summed E-state index contributed by atoms with van der Waals surface area (Å²) in [5.41, 5.74) is 0.914. The Labute approximate surface area is 143 Å². The molecule has 0 aliphatic carbocycles. The van der Waals surface area contributed by atoms with Gasteiger partial charge in [-0.05, 0) is 56.5 Å². The Bertz CT molecular complexity index is 661. The van der Waals surface area contributed by atoms with Gasteiger partial charge in [-0.15, -0.1) is 0 Å². The van der Waals surface area contributed by atoms with Gasteiger partial charge in [0.15, 0.2) is 0 Å². The van der Waals surface area contributed by atoms with Crippen LogP contribution >= 0.6 is 0 Å². The second-order valence-corrected chi connectivity index (χ2v) is 8.44. The molecule has 7 heteroatoms. The molecule has 0 saturated carbocycles. The molecular weight excluding hydrogens is 326 g/mol. The smallest absolute Gasteiger partial charge is 0.243 e. The number of benzene rings is 1. The summed E-state index contributed by atoms with van der Waals surface area (Å²) in [6, 6.07) is 6.84. The Balaban J connectivity index is 1.57. The maximum atomic E-state index is 12.5. The van der Waals surface area contributed by atoms with Crippen molar-refractivity contribution >= 4 is 15.9 Å². The molecular formula is C17H25N3O3S. The van der Waals surface area contributed by atoms with Gasteiger partial charge >= 0.3 is 0 Å². The highest BCUT2D eigenvalue weighted by atomic mass is 32.2. The van der Waals surface area contributed by atoms with Gasteiger partial charge in [-0.25, -0.2) is 8.42 Å². The SMILES string of the molecule is O=C(NCc1ccc(S(=O)(=O)N2CCCC2)cc1)C1CCNCC1. The van der Waals surface area contributed by atoms with Gasteiger partial charge in [0.2, 0.25) is 15.9 Å². The van der Waals surface area contributed by atoms with Crippen LogP contribution in [0.15, 0.2) is 29.2 Å². The largest absolute Gasteiger partial charge is 0.352 e. The molecule has 24 heavy (non-hydrogen) atoms. The second kappa shape index (κ2) is 7.63. The van der Waals surface area contributed by atoms with Crippen molar-refractivity contribution in [2.24, 2.45) is 5.92 Å². The first-order valence-electron chi connectivity index (χ1n) is 8.65. The van der Waals surface area contributed by atoms with Gasteiger partial charge in [-0.1, -0.05) is 12.1 Å². The summed E-state index contributed by atoms with van der Waals surface area (Å²) < 4.78 is 26.5. The van der Waals surface area contributed by atoms with Gasteiger partial charge in [-0.3, -0.25) is 4.79 Å². The number of piperidine rings is 1. The predicted molar refractivity (Wildman–Crippen MR) is 91.9 cm³/mol. The third-order valence-electron chi connectivity index (χ3n) is 4.80. The average Bonchev–Trinajstić information content (AvgIpc) is 3.16. The first-order chi connectivity index (χ1) is 11.6. The molecule has 132 valence electrons. The minimum absolute atomic E-state index is 0.0843. The van der Waals surface area contributed by atoms with Gasteiger partial charge in [-0.2, -0.15) is 4.31 Å². The Kier molecular flexibility index (Phi) is 5.53. The molecule has 0 spiro atoms. The predicted octanol–water partition coefficient (Wildman–Crippen LogP) is 1.09. The van der Waals surface area contributed by atoms with E-state index in [1.807, 2.05) is 0 Å². The molecule has 0 aromatic heterocycles. The van der Waals surface area contributed by atoms with E-state index in [9.17, 15) is 13.2 Å². The second-order valence-electron chi connectivity index (χ2n) is 6.50. The molecule has 2 aliphatic rings. The van der Waals surface area contributed by atoms with E-state index < -0.39 is 10.0 Å². The zero-order chi connectivity index (χ0) is 17.0. The van der Waals surface area contributed by atoms with E-state index in [4.69, 9.17) is 0 Å². The fourth-order valence-corrected chi connectivity index (χ4v) is 4.79. The number of sulfonamides is 1. The summed E-state index contributed by atoms with van der Waals surface area (Å²) in [6.45, 7) is 3.43. The van der Waals surface area contributed by atoms with E-state index in [1.54, 1.807) is 28.6 Å². The van der Waals surface area contributed by atoms with Crippen molar-refractivity contribution in [1.29, 1.82) is 0 Å². The molecule has 0 radical (unpaired) electrons. The average molecular weight is 351 g/mol. The van der Waals surface area contributed by atoms with Crippen LogP contribution in [0.5, 0.6) is 0 Å². The van der Waals surface area contributed by atoms with Crippen molar-refractivity contribution in [2.75, 3.05) is 26.2 Å². The normalized spacial score (nSPS) is 20.2. The molecule has 2 fully saturated rings. The molecule has 2 N–H and O–H groups in total. The number of carbonyl (C=O) groups excluding carboxylic acids is 1. The molecule has 3 rings (SSSR count). The van der Waals surface area contributed by atoms with Crippen LogP contribution in [-0.2, 0) is 21.4 Å². The van der Waals surface area contributed by atoms with Crippen LogP contribution in [0.2, 0.25) is 0 Å². The number of nitrogens with zero attached hydrogens (tertiary/aromatic N) is 1. The molecule has 0 atom stereocenters. The fourth-order valence-electron chi connectivity index (χ4n) is 3.27. The zero-order valence-electron chi connectivity index (χ0n) is 13.8. The van der Waals surface area contributed by atoms with Crippen LogP contribution in [0, 0.1) is 5.92 Å². The maximum absolute atomic E-state index is 12.5. The number of amides is 1. The molecule has 0 bridgehead atoms. The molecule has 1 amide bonds. The Morgan fingerprint density at radius 1 is 1.12 bits per heavy atom. The summed E-state index contributed by atoms with van der Waals surface area (Å²) in [7, 11) is -3.36. The van der Waals surface area contributed by atoms with Gasteiger partial charge < -0.3 is 10.6 Å². The lowest BCUT2D eigenvalue weighted by Gasteiger charge is -2.21. The van der Waals surface area contributed by atoms with Crippen LogP contribution in [0.25, 0.3) is 0 Å². The lowest BCUT2D eigenvalue weighted by atomic mass is 9.97. The Hall–Kier alpha value is -1.44. The van der Waals surface area contributed by atoms with E-state index >= 15 is 0 Å². The number of carbonyl (C=O) groups is 1. The molecule has 2 heterocycles. The summed E-state index contributed by atoms with van der Waals surface area (Å²) >= 11 is 0. The minimum atomic E-state index is -3.36. The van der Waals surface area contributed by atoms with Crippen LogP contribution in [0.4, 0.5) is 0 Å². The lowest BCUT2D eigenvalue weighted by molar-refractivity contribution is -0.125. The van der Waals surface area contributed by atoms with Crippen LogP contribution in [0.1, 0.15) is 31.2 Å². The van der Waals surface area contributed by atoms with E-state index in [1.165, 1.54) is 0 Å². The van der Waals surface area contributed by atoms with Crippen molar-refractivity contribution in [1.82, 2.24) is 14.9 Å². The van der Waals surface area contributed by atoms with Gasteiger partial charge in [0.25, 0.3) is 0 Å². The minimum Gasteiger partial charge on any atom is -0.352 e. The third-order valence-corrected chi connectivity index (χ3v) is 6.72. The van der Waals surface area contributed by atoms with Crippen molar-refractivity contribution in [3.63, 3.8) is 0 Å². The molecule has 2 aliphatic heterocycles. The molecule has 6 nitrogen and oxygen atoms in total. The standard InChI is InChI=1S/C17H25N3O3S/c21-17(15-7-9-18-10-8-15)19-13-14-3-5-16(6-4-14)24(22,23)20-11-1-2-12-20/h3-6,15,18H,1-2,7-13H2,(H,19,21). The van der Waals surface area contributed by atoms with E-state index in [0.717, 1.165) is 44.3 Å². The number of rotatable bonds is 5. The monoisotopic (exact) mass is 351 g/mol. The maximum Gasteiger partial charge on any atom is 0.243 e. The van der Waals surface area contributed by atoms with E-state index in [-0.39, 0.29) is 11.8 Å². The number of hydrogen-bond donors (Lipinski definition) is 2. The first-order valence-corrected chi connectivity index (χ1v) is 10.1. The lowest BCUT2D eigenvalue weighted by Crippen LogP contribution is -2.37. The van der Waals surface area contributed by atoms with Gasteiger partial charge in [0.05, 0.1) is 4.90 Å². The molecule has 2 saturated heterocycles. The molecule has 1 aromatic rings. The third kappa shape index (κ3) is 3.96. The summed E-state index contributed by atoms with van der Waals surface area (Å²) in [5.74, 6) is 0.173. The highest BCUT2D eigenvalue weighted by Gasteiger charge is 2.27. The van der Waals surface area contributed by atoms with Crippen molar-refractivity contribution in [3.8, 4) is 0 Å². The highest BCUT2D eigenvalue weighted by Crippen LogP contribution is 2.21. The zero-order valence-corrected chi connectivity index (χ0v) is 14.6. The Morgan fingerprint density at radius 3 is 2.38 bits per heavy atom. The molecule has 0 unspecified atom stereocenters. The van der Waals surface area contributed by atoms with Gasteiger partial charge in [0.1, 0.15) is 0 Å². The fraction of sp³-hybridized carbons (Fsp3) is 0.588. The van der Waals surface area contributed by atoms with Crippen molar-refractivity contribution < 1.29 is 13.2 Å². The van der Waals surface area contributed by atoms with Crippen molar-refractivity contribution in [3.05, 3.63) is 29.8 Å². The number of hydrogen-bond acceptors (Lipinski definition) is 4. The summed E-state index contributed by atoms with van der Waals surface area (Å²) in [5, 5.41) is 6.20. The summed E-state index contributed by atoms with van der Waals surface area (Å²) in [6.07, 6.45) is 3.61. The topological polar surface area (TPSA) is 78.5 Å².